The minimum Gasteiger partial charge on any atom is -0.456 e. The number of hydrogen-bond donors (Lipinski definition) is 3. The van der Waals surface area contributed by atoms with Gasteiger partial charge in [0, 0.05) is 62.3 Å². The summed E-state index contributed by atoms with van der Waals surface area (Å²) < 4.78 is 24.0. The predicted octanol–water partition coefficient (Wildman–Crippen LogP) is 6.81. The van der Waals surface area contributed by atoms with Crippen LogP contribution in [0, 0.1) is 41.4 Å². The summed E-state index contributed by atoms with van der Waals surface area (Å²) in [6.07, 6.45) is 7.02. The lowest BCUT2D eigenvalue weighted by atomic mass is 9.78. The molecule has 2 bridgehead atoms. The van der Waals surface area contributed by atoms with Gasteiger partial charge in [-0.3, -0.25) is 19.2 Å². The number of nitrogens with zero attached hydrogens (tertiary/aromatic N) is 1. The molecule has 4 aliphatic rings. The van der Waals surface area contributed by atoms with Gasteiger partial charge in [-0.2, -0.15) is 0 Å². The largest absolute Gasteiger partial charge is 0.456 e. The molecule has 14 atom stereocenters. The number of aldehydes is 1. The quantitative estimate of drug-likeness (QED) is 0.0727. The van der Waals surface area contributed by atoms with Crippen molar-refractivity contribution >= 4 is 41.6 Å². The van der Waals surface area contributed by atoms with Crippen LogP contribution in [0.4, 0.5) is 0 Å². The number of cyclic esters (lactones) is 1. The van der Waals surface area contributed by atoms with Crippen LogP contribution in [-0.4, -0.2) is 125 Å². The molecule has 0 aromatic heterocycles. The Morgan fingerprint density at radius 1 is 0.926 bits per heavy atom. The smallest absolute Gasteiger partial charge is 0.329 e. The number of aliphatic hydroxyl groups excluding tert-OH is 2. The second kappa shape index (κ2) is 24.6. The van der Waals surface area contributed by atoms with E-state index in [1.54, 1.807) is 40.0 Å². The molecule has 2 saturated heterocycles. The van der Waals surface area contributed by atoms with E-state index in [2.05, 4.69) is 0 Å². The van der Waals surface area contributed by atoms with Crippen LogP contribution in [0.5, 0.6) is 0 Å². The monoisotopic (exact) mass is 948 g/mol. The number of carbonyl (C=O) groups excluding carboxylic acids is 6. The van der Waals surface area contributed by atoms with Gasteiger partial charge in [-0.25, -0.2) is 4.79 Å². The van der Waals surface area contributed by atoms with Gasteiger partial charge in [0.1, 0.15) is 24.2 Å². The topological polar surface area (TPSA) is 203 Å². The van der Waals surface area contributed by atoms with E-state index in [1.807, 2.05) is 64.1 Å². The second-order valence-corrected chi connectivity index (χ2v) is 20.6. The van der Waals surface area contributed by atoms with Crippen LogP contribution < -0.4 is 0 Å². The van der Waals surface area contributed by atoms with Crippen LogP contribution in [-0.2, 0) is 42.9 Å². The van der Waals surface area contributed by atoms with Crippen LogP contribution in [0.25, 0.3) is 6.08 Å². The van der Waals surface area contributed by atoms with E-state index in [4.69, 9.17) is 18.9 Å². The Morgan fingerprint density at radius 2 is 1.62 bits per heavy atom. The average Bonchev–Trinajstić information content (AvgIpc) is 3.32. The fourth-order valence-electron chi connectivity index (χ4n) is 10.7. The highest BCUT2D eigenvalue weighted by Gasteiger charge is 2.56. The molecule has 1 aromatic rings. The van der Waals surface area contributed by atoms with Crippen molar-refractivity contribution in [3.8, 4) is 0 Å². The Hall–Kier alpha value is -4.18. The zero-order valence-corrected chi connectivity index (χ0v) is 41.6. The van der Waals surface area contributed by atoms with Gasteiger partial charge in [-0.15, -0.1) is 0 Å². The van der Waals surface area contributed by atoms with E-state index in [9.17, 15) is 44.1 Å². The van der Waals surface area contributed by atoms with Crippen molar-refractivity contribution in [1.82, 2.24) is 4.90 Å². The van der Waals surface area contributed by atoms with Gasteiger partial charge >= 0.3 is 5.97 Å². The van der Waals surface area contributed by atoms with Crippen molar-refractivity contribution in [2.75, 3.05) is 20.8 Å². The number of fused-ring (bicyclic) bond motifs is 3. The third-order valence-corrected chi connectivity index (χ3v) is 14.8. The van der Waals surface area contributed by atoms with Crippen LogP contribution in [0.3, 0.4) is 0 Å². The number of rotatable bonds is 10. The Balaban J connectivity index is 1.55. The molecule has 68 heavy (non-hydrogen) atoms. The lowest BCUT2D eigenvalue weighted by Crippen LogP contribution is -2.63. The number of aliphatic hydroxyl groups is 3. The van der Waals surface area contributed by atoms with Gasteiger partial charge in [0.05, 0.1) is 30.5 Å². The van der Waals surface area contributed by atoms with E-state index in [-0.39, 0.29) is 55.1 Å². The number of carbonyl (C=O) groups is 6. The molecule has 1 aliphatic carbocycles. The molecule has 1 aromatic carbocycles. The molecule has 3 aliphatic heterocycles. The van der Waals surface area contributed by atoms with Crippen molar-refractivity contribution < 1.29 is 63.0 Å². The highest BCUT2D eigenvalue weighted by molar-refractivity contribution is 6.39. The first kappa shape index (κ1) is 54.8. The van der Waals surface area contributed by atoms with Crippen molar-refractivity contribution in [1.29, 1.82) is 0 Å². The van der Waals surface area contributed by atoms with Gasteiger partial charge in [-0.05, 0) is 101 Å². The summed E-state index contributed by atoms with van der Waals surface area (Å²) in [6.45, 7) is 12.7. The number of benzene rings is 1. The number of ether oxygens (including phenoxy) is 4. The first-order chi connectivity index (χ1) is 32.2. The third-order valence-electron chi connectivity index (χ3n) is 14.8. The standard InChI is InChI=1S/C54H77NO13/c1-31(2)48(60)39-19-16-37(17-20-39)13-12-14-40-24-32(3)23-33(4)25-47(66-9)50-41(30-56)27-35(6)54(64,68-50)51(61)52(62)55-22-11-10-15-42(55)53(63)67-49(36(7)44(58)29-45(40)59)34(5)26-38-18-21-43(57)46(28-38)65-8/h12-13,16-17,19-20,24,26,30-31,33,35-36,38,40-44,46-47,49-50,57-58,64H,10-11,14-15,18,21-23,25,27-29H2,1-9H3/b13-12+,32-24+,34-26+/t33-,35+,36+,38-,40?,41+,42-,43+,44-,46+,47-,49+,50-,54+/m0/s1. The van der Waals surface area contributed by atoms with E-state index in [0.717, 1.165) is 22.3 Å². The Labute approximate surface area is 402 Å². The lowest BCUT2D eigenvalue weighted by Gasteiger charge is -2.46. The zero-order chi connectivity index (χ0) is 50.0. The minimum atomic E-state index is -2.62. The van der Waals surface area contributed by atoms with E-state index >= 15 is 0 Å². The van der Waals surface area contributed by atoms with Crippen LogP contribution >= 0.6 is 0 Å². The second-order valence-electron chi connectivity index (χ2n) is 20.6. The van der Waals surface area contributed by atoms with Crippen molar-refractivity contribution in [2.24, 2.45) is 41.4 Å². The third kappa shape index (κ3) is 13.4. The molecule has 0 spiro atoms. The summed E-state index contributed by atoms with van der Waals surface area (Å²) in [5.74, 6) is -9.43. The lowest BCUT2D eigenvalue weighted by molar-refractivity contribution is -0.287. The summed E-state index contributed by atoms with van der Waals surface area (Å²) in [6, 6.07) is 6.09. The molecular formula is C54H77NO13. The summed E-state index contributed by atoms with van der Waals surface area (Å²) in [4.78, 5) is 83.9. The summed E-state index contributed by atoms with van der Waals surface area (Å²) >= 11 is 0. The molecule has 1 saturated carbocycles. The van der Waals surface area contributed by atoms with Crippen molar-refractivity contribution in [3.63, 3.8) is 0 Å². The molecule has 1 amide bonds. The maximum absolute atomic E-state index is 14.5. The number of esters is 1. The van der Waals surface area contributed by atoms with Gasteiger partial charge < -0.3 is 44.0 Å². The first-order valence-corrected chi connectivity index (χ1v) is 24.7. The SMILES string of the molecule is CO[C@H]1C[C@@H](C)C/C(C)=C/C(C/C=C/c2ccc(C(=O)C(C)C)cc2)C(=O)C[C@H](O)[C@@H](C)[C@@H](/C(C)=C/[C@@H]2CC[C@@H](O)[C@H](OC)C2)OC(=O)[C@@H]2CCCCN2C(=O)C(=O)[C@]2(O)O[C@H]1[C@@H](C=O)C[C@H]2C. The highest BCUT2D eigenvalue weighted by atomic mass is 16.7. The van der Waals surface area contributed by atoms with E-state index in [1.165, 1.54) is 7.11 Å². The maximum atomic E-state index is 14.5. The van der Waals surface area contributed by atoms with E-state index < -0.39 is 89.8 Å². The maximum Gasteiger partial charge on any atom is 0.329 e. The first-order valence-electron chi connectivity index (χ1n) is 24.7. The van der Waals surface area contributed by atoms with Gasteiger partial charge in [0.2, 0.25) is 5.79 Å². The number of ketones is 3. The van der Waals surface area contributed by atoms with Gasteiger partial charge in [0.25, 0.3) is 11.7 Å². The molecule has 0 radical (unpaired) electrons. The Kier molecular flexibility index (Phi) is 19.8. The fourth-order valence-corrected chi connectivity index (χ4v) is 10.7. The highest BCUT2D eigenvalue weighted by Crippen LogP contribution is 2.40. The van der Waals surface area contributed by atoms with Gasteiger partial charge in [0.15, 0.2) is 5.78 Å². The van der Waals surface area contributed by atoms with Crippen molar-refractivity contribution in [2.45, 2.75) is 168 Å². The fraction of sp³-hybridized carbons (Fsp3) is 0.667. The molecule has 14 heteroatoms. The molecule has 3 N–H and O–H groups in total. The summed E-state index contributed by atoms with van der Waals surface area (Å²) in [5.41, 5.74) is 2.98. The minimum absolute atomic E-state index is 0.0354. The average molecular weight is 948 g/mol. The van der Waals surface area contributed by atoms with Crippen molar-refractivity contribution in [3.05, 3.63) is 64.8 Å². The summed E-state index contributed by atoms with van der Waals surface area (Å²) in [5, 5.41) is 34.6. The zero-order valence-electron chi connectivity index (χ0n) is 41.6. The number of Topliss-reactive ketones (excluding diaryl/α,β-unsaturated/α-hetero) is 3. The molecular weight excluding hydrogens is 871 g/mol. The molecule has 14 nitrogen and oxygen atoms in total. The predicted molar refractivity (Wildman–Crippen MR) is 256 cm³/mol. The Morgan fingerprint density at radius 3 is 2.26 bits per heavy atom. The van der Waals surface area contributed by atoms with E-state index in [0.29, 0.717) is 62.5 Å². The normalized spacial score (nSPS) is 36.4. The molecule has 5 rings (SSSR count). The number of allylic oxidation sites excluding steroid dienone is 4. The Bertz CT molecular complexity index is 2030. The molecule has 3 fully saturated rings. The number of piperidine rings is 1. The molecule has 1 unspecified atom stereocenters. The number of hydrogen-bond acceptors (Lipinski definition) is 13. The number of methoxy groups -OCH3 is 2. The summed E-state index contributed by atoms with van der Waals surface area (Å²) in [7, 11) is 3.01. The van der Waals surface area contributed by atoms with Crippen LogP contribution in [0.15, 0.2) is 53.6 Å². The van der Waals surface area contributed by atoms with Crippen LogP contribution in [0.2, 0.25) is 0 Å². The number of amides is 1. The molecule has 376 valence electrons. The van der Waals surface area contributed by atoms with Crippen LogP contribution in [0.1, 0.15) is 135 Å². The van der Waals surface area contributed by atoms with Gasteiger partial charge in [-0.1, -0.05) is 88.8 Å². The molecule has 3 heterocycles.